The molecule has 0 amide bonds. The summed E-state index contributed by atoms with van der Waals surface area (Å²) in [6.07, 6.45) is 14.0. The fourth-order valence-corrected chi connectivity index (χ4v) is 23.9. The summed E-state index contributed by atoms with van der Waals surface area (Å²) >= 11 is 0. The lowest BCUT2D eigenvalue weighted by Crippen LogP contribution is -2.26. The third kappa shape index (κ3) is 10.6. The highest BCUT2D eigenvalue weighted by molar-refractivity contribution is 6.23. The van der Waals surface area contributed by atoms with Crippen molar-refractivity contribution in [3.05, 3.63) is 418 Å². The normalized spacial score (nSPS) is 15.5. The molecule has 24 rings (SSSR count). The molecule has 0 heterocycles. The lowest BCUT2D eigenvalue weighted by Gasteiger charge is -2.32. The summed E-state index contributed by atoms with van der Waals surface area (Å²) in [7, 11) is 0. The Morgan fingerprint density at radius 3 is 1.02 bits per heavy atom. The smallest absolute Gasteiger partial charge is 0.0731 e. The van der Waals surface area contributed by atoms with Crippen LogP contribution in [0.3, 0.4) is 0 Å². The average Bonchev–Trinajstić information content (AvgIpc) is 1.50. The quantitative estimate of drug-likeness (QED) is 0.119. The summed E-state index contributed by atoms with van der Waals surface area (Å²) in [6.45, 7) is 11.8. The van der Waals surface area contributed by atoms with E-state index in [1.807, 2.05) is 0 Å². The molecule has 0 unspecified atom stereocenters. The molecule has 6 aliphatic carbocycles. The Bertz CT molecular complexity index is 7110. The molecule has 0 N–H and O–H groups in total. The summed E-state index contributed by atoms with van der Waals surface area (Å²) in [5, 5.41) is 15.4. The Labute approximate surface area is 705 Å². The summed E-state index contributed by atoms with van der Waals surface area (Å²) in [4.78, 5) is 5.02. The first-order valence-electron chi connectivity index (χ1n) is 44.4. The standard InChI is InChI=1S/C118H96N2/c1-115(2,3)83-51-61-87(62-52-83)120(90-60-50-79-69-103-109(71-82(79)68-90)117(105-40-22-18-33-94(105)95-34-19-23-41-106(95)117)113-100-39-17-14-31-92(100)91-30-12-15-37-98(91)111(103)113)88-63-53-84(54-64-88)116(4,5)73-74-44-65-101-102(66-74)93-32-13-16-38-99(93)112-104-70-80-49-59-89(67-81(80)72-110(104)118(114(101)112)107-42-24-20-35-96(107)97-36-21-25-43-108(97)118)119(85-55-45-77(46-56-85)75-26-8-6-9-27-75)86-57-47-78(48-58-86)76-28-10-7-11-29-76/h12-25,30-72,75-76H,6-11,26-29,73H2,1-5H3. The first-order chi connectivity index (χ1) is 58.9. The van der Waals surface area contributed by atoms with Crippen molar-refractivity contribution >= 4 is 98.8 Å². The number of hydrogen-bond acceptors (Lipinski definition) is 2. The number of benzene rings is 18. The van der Waals surface area contributed by atoms with Gasteiger partial charge in [-0.05, 0) is 333 Å². The van der Waals surface area contributed by atoms with E-state index in [1.54, 1.807) is 0 Å². The van der Waals surface area contributed by atoms with Crippen molar-refractivity contribution in [2.75, 3.05) is 9.80 Å². The molecule has 0 atom stereocenters. The van der Waals surface area contributed by atoms with Crippen molar-refractivity contribution < 1.29 is 0 Å². The molecular weight excluding hydrogens is 1450 g/mol. The van der Waals surface area contributed by atoms with Crippen molar-refractivity contribution in [3.63, 3.8) is 0 Å². The maximum absolute atomic E-state index is 2.62. The van der Waals surface area contributed by atoms with Gasteiger partial charge in [-0.1, -0.05) is 322 Å². The number of fused-ring (bicyclic) bond motifs is 32. The van der Waals surface area contributed by atoms with Crippen LogP contribution >= 0.6 is 0 Å². The van der Waals surface area contributed by atoms with Crippen LogP contribution in [0, 0.1) is 0 Å². The Morgan fingerprint density at radius 1 is 0.258 bits per heavy atom. The monoisotopic (exact) mass is 1540 g/mol. The minimum absolute atomic E-state index is 0.00282. The van der Waals surface area contributed by atoms with Gasteiger partial charge in [-0.15, -0.1) is 0 Å². The molecule has 0 radical (unpaired) electrons. The van der Waals surface area contributed by atoms with Crippen molar-refractivity contribution in [1.82, 2.24) is 0 Å². The van der Waals surface area contributed by atoms with E-state index in [-0.39, 0.29) is 10.8 Å². The molecule has 0 aromatic heterocycles. The van der Waals surface area contributed by atoms with Gasteiger partial charge in [0.25, 0.3) is 0 Å². The zero-order chi connectivity index (χ0) is 79.9. The van der Waals surface area contributed by atoms with Gasteiger partial charge in [0.2, 0.25) is 0 Å². The highest BCUT2D eigenvalue weighted by Gasteiger charge is 2.55. The molecule has 120 heavy (non-hydrogen) atoms. The van der Waals surface area contributed by atoms with Crippen LogP contribution in [-0.2, 0) is 28.1 Å². The average molecular weight is 1540 g/mol. The van der Waals surface area contributed by atoms with E-state index in [2.05, 4.69) is 390 Å². The van der Waals surface area contributed by atoms with Gasteiger partial charge in [0.15, 0.2) is 0 Å². The SMILES string of the molecule is CC(C)(C)c1ccc(N(c2ccc(C(C)(C)Cc3ccc4c5c(c6ccccc6c4c3)-c3cc4ccc(N(c6ccc(C7CCCCC7)cc6)c6ccc(C7CCCCC7)cc6)cc4cc3C53c4ccccc4-c4ccccc43)cc2)c2ccc3cc4c(cc3c2)C2(c3ccccc3-c3ccccc32)c2c-4c3ccccc3c3ccccc23)cc1. The minimum atomic E-state index is -0.595. The van der Waals surface area contributed by atoms with E-state index in [0.717, 1.165) is 23.5 Å². The molecule has 0 bridgehead atoms. The summed E-state index contributed by atoms with van der Waals surface area (Å²) in [5.41, 5.74) is 34.0. The lowest BCUT2D eigenvalue weighted by atomic mass is 9.68. The van der Waals surface area contributed by atoms with Gasteiger partial charge >= 0.3 is 0 Å². The molecule has 18 aromatic carbocycles. The molecule has 6 aliphatic rings. The molecule has 2 heteroatoms. The van der Waals surface area contributed by atoms with Crippen molar-refractivity contribution in [3.8, 4) is 44.5 Å². The minimum Gasteiger partial charge on any atom is -0.310 e. The van der Waals surface area contributed by atoms with Crippen molar-refractivity contribution in [1.29, 1.82) is 0 Å². The van der Waals surface area contributed by atoms with E-state index in [4.69, 9.17) is 0 Å². The van der Waals surface area contributed by atoms with Crippen LogP contribution in [0.5, 0.6) is 0 Å². The topological polar surface area (TPSA) is 6.48 Å². The summed E-state index contributed by atoms with van der Waals surface area (Å²) < 4.78 is 0. The van der Waals surface area contributed by atoms with Crippen molar-refractivity contribution in [2.24, 2.45) is 0 Å². The highest BCUT2D eigenvalue weighted by Crippen LogP contribution is 2.69. The number of rotatable bonds is 11. The molecule has 2 saturated carbocycles. The first kappa shape index (κ1) is 71.2. The predicted octanol–water partition coefficient (Wildman–Crippen LogP) is 32.1. The maximum atomic E-state index is 2.62. The van der Waals surface area contributed by atoms with Gasteiger partial charge in [0.05, 0.1) is 10.8 Å². The van der Waals surface area contributed by atoms with Crippen molar-refractivity contribution in [2.45, 2.75) is 139 Å². The van der Waals surface area contributed by atoms with Crippen LogP contribution in [0.15, 0.2) is 346 Å². The van der Waals surface area contributed by atoms with E-state index >= 15 is 0 Å². The molecule has 578 valence electrons. The molecule has 18 aromatic rings. The largest absolute Gasteiger partial charge is 0.310 e. The second kappa shape index (κ2) is 27.1. The van der Waals surface area contributed by atoms with E-state index in [9.17, 15) is 0 Å². The van der Waals surface area contributed by atoms with Crippen LogP contribution in [0.4, 0.5) is 34.1 Å². The molecular formula is C118H96N2. The van der Waals surface area contributed by atoms with Gasteiger partial charge in [0.1, 0.15) is 0 Å². The fraction of sp³-hybridized carbons (Fsp3) is 0.186. The molecule has 2 nitrogen and oxygen atoms in total. The summed E-state index contributed by atoms with van der Waals surface area (Å²) in [6, 6.07) is 136. The molecule has 0 saturated heterocycles. The molecule has 2 spiro atoms. The van der Waals surface area contributed by atoms with E-state index < -0.39 is 10.8 Å². The fourth-order valence-electron chi connectivity index (χ4n) is 23.9. The van der Waals surface area contributed by atoms with Gasteiger partial charge in [0, 0.05) is 34.1 Å². The number of hydrogen-bond donors (Lipinski definition) is 0. The van der Waals surface area contributed by atoms with Gasteiger partial charge in [-0.25, -0.2) is 0 Å². The van der Waals surface area contributed by atoms with Crippen LogP contribution in [0.25, 0.3) is 109 Å². The van der Waals surface area contributed by atoms with Gasteiger partial charge < -0.3 is 9.80 Å². The van der Waals surface area contributed by atoms with Crippen LogP contribution in [0.1, 0.15) is 183 Å². The first-order valence-corrected chi connectivity index (χ1v) is 44.4. The zero-order valence-corrected chi connectivity index (χ0v) is 69.2. The third-order valence-electron chi connectivity index (χ3n) is 29.5. The van der Waals surface area contributed by atoms with E-state index in [1.165, 1.54) is 263 Å². The Morgan fingerprint density at radius 2 is 0.600 bits per heavy atom. The third-order valence-corrected chi connectivity index (χ3v) is 29.5. The van der Waals surface area contributed by atoms with Crippen LogP contribution in [-0.4, -0.2) is 0 Å². The Kier molecular flexibility index (Phi) is 16.1. The van der Waals surface area contributed by atoms with Gasteiger partial charge in [-0.2, -0.15) is 0 Å². The maximum Gasteiger partial charge on any atom is 0.0731 e. The zero-order valence-electron chi connectivity index (χ0n) is 69.2. The molecule has 2 fully saturated rings. The van der Waals surface area contributed by atoms with Gasteiger partial charge in [-0.3, -0.25) is 0 Å². The van der Waals surface area contributed by atoms with Crippen LogP contribution in [0.2, 0.25) is 0 Å². The number of anilines is 6. The van der Waals surface area contributed by atoms with E-state index in [0.29, 0.717) is 11.8 Å². The Hall–Kier alpha value is -12.9. The Balaban J connectivity index is 0.615. The lowest BCUT2D eigenvalue weighted by molar-refractivity contribution is 0.443. The second-order valence-electron chi connectivity index (χ2n) is 37.5. The second-order valence-corrected chi connectivity index (χ2v) is 37.5. The highest BCUT2D eigenvalue weighted by atomic mass is 15.1. The summed E-state index contributed by atoms with van der Waals surface area (Å²) in [5.74, 6) is 1.29. The van der Waals surface area contributed by atoms with Crippen LogP contribution < -0.4 is 9.80 Å². The predicted molar refractivity (Wildman–Crippen MR) is 507 cm³/mol. The molecule has 0 aliphatic heterocycles. The number of nitrogens with zero attached hydrogens (tertiary/aromatic N) is 2.